The summed E-state index contributed by atoms with van der Waals surface area (Å²) in [5.74, 6) is -3.25. The van der Waals surface area contributed by atoms with Gasteiger partial charge in [-0.05, 0) is 47.7 Å². The molecule has 1 amide bonds. The van der Waals surface area contributed by atoms with Crippen LogP contribution >= 0.6 is 0 Å². The van der Waals surface area contributed by atoms with Crippen molar-refractivity contribution in [2.75, 3.05) is 7.11 Å². The van der Waals surface area contributed by atoms with Crippen LogP contribution in [0.4, 0.5) is 8.78 Å². The molecule has 7 heteroatoms. The highest BCUT2D eigenvalue weighted by Crippen LogP contribution is 2.47. The van der Waals surface area contributed by atoms with Gasteiger partial charge in [-0.15, -0.1) is 0 Å². The summed E-state index contributed by atoms with van der Waals surface area (Å²) in [5, 5.41) is 11.8. The van der Waals surface area contributed by atoms with E-state index in [0.29, 0.717) is 6.42 Å². The lowest BCUT2D eigenvalue weighted by atomic mass is 10.1. The first kappa shape index (κ1) is 17.8. The van der Waals surface area contributed by atoms with Crippen molar-refractivity contribution >= 4 is 11.9 Å². The van der Waals surface area contributed by atoms with Gasteiger partial charge in [0, 0.05) is 5.92 Å². The SMILES string of the molecule is COc1ccc(C(NC(=O)C2CC2c2ccc(F)cc2)C(=O)O)cc1F. The van der Waals surface area contributed by atoms with Crippen LogP contribution in [0.3, 0.4) is 0 Å². The van der Waals surface area contributed by atoms with Gasteiger partial charge in [0.15, 0.2) is 17.6 Å². The molecule has 2 aromatic rings. The van der Waals surface area contributed by atoms with Crippen LogP contribution in [0.15, 0.2) is 42.5 Å². The minimum Gasteiger partial charge on any atom is -0.494 e. The maximum atomic E-state index is 13.8. The van der Waals surface area contributed by atoms with Gasteiger partial charge in [0.1, 0.15) is 5.82 Å². The van der Waals surface area contributed by atoms with E-state index in [-0.39, 0.29) is 29.0 Å². The number of hydrogen-bond donors (Lipinski definition) is 2. The van der Waals surface area contributed by atoms with E-state index in [2.05, 4.69) is 5.32 Å². The topological polar surface area (TPSA) is 75.6 Å². The molecule has 1 saturated carbocycles. The third-order valence-electron chi connectivity index (χ3n) is 4.47. The van der Waals surface area contributed by atoms with Gasteiger partial charge < -0.3 is 15.2 Å². The highest BCUT2D eigenvalue weighted by molar-refractivity contribution is 5.88. The second kappa shape index (κ2) is 7.11. The zero-order valence-corrected chi connectivity index (χ0v) is 13.9. The number of rotatable bonds is 6. The van der Waals surface area contributed by atoms with Crippen LogP contribution in [0.25, 0.3) is 0 Å². The van der Waals surface area contributed by atoms with Crippen LogP contribution < -0.4 is 10.1 Å². The van der Waals surface area contributed by atoms with Crippen LogP contribution in [-0.4, -0.2) is 24.1 Å². The molecule has 3 rings (SSSR count). The van der Waals surface area contributed by atoms with Crippen molar-refractivity contribution in [2.45, 2.75) is 18.4 Å². The molecule has 3 atom stereocenters. The fourth-order valence-corrected chi connectivity index (χ4v) is 2.96. The van der Waals surface area contributed by atoms with Gasteiger partial charge in [-0.25, -0.2) is 13.6 Å². The zero-order valence-electron chi connectivity index (χ0n) is 13.9. The lowest BCUT2D eigenvalue weighted by Gasteiger charge is -2.16. The summed E-state index contributed by atoms with van der Waals surface area (Å²) in [6, 6.07) is 8.24. The van der Waals surface area contributed by atoms with E-state index < -0.39 is 23.7 Å². The monoisotopic (exact) mass is 361 g/mol. The Balaban J connectivity index is 1.71. The summed E-state index contributed by atoms with van der Waals surface area (Å²) < 4.78 is 31.6. The van der Waals surface area contributed by atoms with Gasteiger partial charge in [-0.2, -0.15) is 0 Å². The first-order valence-electron chi connectivity index (χ1n) is 8.02. The Morgan fingerprint density at radius 1 is 1.19 bits per heavy atom. The summed E-state index contributed by atoms with van der Waals surface area (Å²) in [4.78, 5) is 23.9. The Hall–Kier alpha value is -2.96. The highest BCUT2D eigenvalue weighted by atomic mass is 19.1. The lowest BCUT2D eigenvalue weighted by molar-refractivity contribution is -0.142. The van der Waals surface area contributed by atoms with E-state index in [0.717, 1.165) is 11.6 Å². The lowest BCUT2D eigenvalue weighted by Crippen LogP contribution is -2.35. The molecule has 0 bridgehead atoms. The van der Waals surface area contributed by atoms with E-state index in [1.54, 1.807) is 12.1 Å². The van der Waals surface area contributed by atoms with Crippen molar-refractivity contribution in [1.29, 1.82) is 0 Å². The number of amides is 1. The summed E-state index contributed by atoms with van der Waals surface area (Å²) >= 11 is 0. The van der Waals surface area contributed by atoms with Crippen molar-refractivity contribution < 1.29 is 28.2 Å². The third-order valence-corrected chi connectivity index (χ3v) is 4.47. The van der Waals surface area contributed by atoms with Crippen molar-refractivity contribution in [3.63, 3.8) is 0 Å². The number of halogens is 2. The van der Waals surface area contributed by atoms with Gasteiger partial charge in [0.05, 0.1) is 7.11 Å². The molecule has 2 aromatic carbocycles. The van der Waals surface area contributed by atoms with Gasteiger partial charge in [0.25, 0.3) is 0 Å². The minimum atomic E-state index is -1.36. The molecule has 0 heterocycles. The molecular formula is C19H17F2NO4. The first-order valence-corrected chi connectivity index (χ1v) is 8.02. The third kappa shape index (κ3) is 3.66. The summed E-state index contributed by atoms with van der Waals surface area (Å²) in [6.45, 7) is 0. The van der Waals surface area contributed by atoms with E-state index in [4.69, 9.17) is 4.74 Å². The van der Waals surface area contributed by atoms with Gasteiger partial charge in [0.2, 0.25) is 5.91 Å². The minimum absolute atomic E-state index is 0.0113. The molecule has 26 heavy (non-hydrogen) atoms. The number of ether oxygens (including phenoxy) is 1. The van der Waals surface area contributed by atoms with Gasteiger partial charge >= 0.3 is 5.97 Å². The van der Waals surface area contributed by atoms with Gasteiger partial charge in [-0.3, -0.25) is 4.79 Å². The van der Waals surface area contributed by atoms with Crippen LogP contribution in [0, 0.1) is 17.6 Å². The zero-order chi connectivity index (χ0) is 18.8. The number of carbonyl (C=O) groups is 2. The van der Waals surface area contributed by atoms with Crippen LogP contribution in [0.2, 0.25) is 0 Å². The standard InChI is InChI=1S/C19H17F2NO4/c1-26-16-7-4-11(8-15(16)21)17(19(24)25)22-18(23)14-9-13(14)10-2-5-12(20)6-3-10/h2-8,13-14,17H,9H2,1H3,(H,22,23)(H,24,25). The number of methoxy groups -OCH3 is 1. The number of benzene rings is 2. The average molecular weight is 361 g/mol. The van der Waals surface area contributed by atoms with Crippen LogP contribution in [0.1, 0.15) is 29.5 Å². The second-order valence-electron chi connectivity index (χ2n) is 6.17. The maximum absolute atomic E-state index is 13.8. The normalized spacial score (nSPS) is 19.5. The molecule has 0 spiro atoms. The number of carbonyl (C=O) groups excluding carboxylic acids is 1. The van der Waals surface area contributed by atoms with Crippen molar-refractivity contribution in [3.8, 4) is 5.75 Å². The van der Waals surface area contributed by atoms with Crippen LogP contribution in [0.5, 0.6) is 5.75 Å². The average Bonchev–Trinajstić information content (AvgIpc) is 3.40. The Morgan fingerprint density at radius 3 is 2.46 bits per heavy atom. The number of nitrogens with one attached hydrogen (secondary N) is 1. The quantitative estimate of drug-likeness (QED) is 0.829. The fraction of sp³-hybridized carbons (Fsp3) is 0.263. The summed E-state index contributed by atoms with van der Waals surface area (Å²) in [5.41, 5.74) is 0.942. The predicted molar refractivity (Wildman–Crippen MR) is 88.7 cm³/mol. The number of aliphatic carboxylic acids is 1. The Morgan fingerprint density at radius 2 is 1.88 bits per heavy atom. The number of hydrogen-bond acceptors (Lipinski definition) is 3. The molecule has 1 aliphatic rings. The highest BCUT2D eigenvalue weighted by Gasteiger charge is 2.45. The molecule has 1 aliphatic carbocycles. The molecule has 1 fully saturated rings. The van der Waals surface area contributed by atoms with Crippen LogP contribution in [-0.2, 0) is 9.59 Å². The molecule has 0 aromatic heterocycles. The van der Waals surface area contributed by atoms with E-state index in [9.17, 15) is 23.5 Å². The molecule has 136 valence electrons. The molecule has 3 unspecified atom stereocenters. The number of carboxylic acids is 1. The smallest absolute Gasteiger partial charge is 0.330 e. The van der Waals surface area contributed by atoms with Gasteiger partial charge in [-0.1, -0.05) is 18.2 Å². The number of carboxylic acid groups (broad SMARTS) is 1. The Bertz CT molecular complexity index is 838. The largest absolute Gasteiger partial charge is 0.494 e. The van der Waals surface area contributed by atoms with E-state index in [1.165, 1.54) is 31.4 Å². The van der Waals surface area contributed by atoms with E-state index in [1.807, 2.05) is 0 Å². The maximum Gasteiger partial charge on any atom is 0.330 e. The molecular weight excluding hydrogens is 344 g/mol. The molecule has 0 saturated heterocycles. The fourth-order valence-electron chi connectivity index (χ4n) is 2.96. The summed E-state index contributed by atoms with van der Waals surface area (Å²) in [6.07, 6.45) is 0.556. The molecule has 0 aliphatic heterocycles. The second-order valence-corrected chi connectivity index (χ2v) is 6.17. The Labute approximate surface area is 148 Å². The molecule has 5 nitrogen and oxygen atoms in total. The van der Waals surface area contributed by atoms with Crippen molar-refractivity contribution in [3.05, 3.63) is 65.2 Å². The van der Waals surface area contributed by atoms with E-state index >= 15 is 0 Å². The first-order chi connectivity index (χ1) is 12.4. The van der Waals surface area contributed by atoms with Crippen molar-refractivity contribution in [1.82, 2.24) is 5.32 Å². The van der Waals surface area contributed by atoms with Crippen molar-refractivity contribution in [2.24, 2.45) is 5.92 Å². The predicted octanol–water partition coefficient (Wildman–Crippen LogP) is 3.02. The molecule has 0 radical (unpaired) electrons. The molecule has 2 N–H and O–H groups in total. The summed E-state index contributed by atoms with van der Waals surface area (Å²) in [7, 11) is 1.30. The Kier molecular flexibility index (Phi) is 4.88.